The Hall–Kier alpha value is -1.42. The zero-order valence-electron chi connectivity index (χ0n) is 17.2. The number of hydrogen-bond acceptors (Lipinski definition) is 4. The summed E-state index contributed by atoms with van der Waals surface area (Å²) in [5.41, 5.74) is -0.497. The van der Waals surface area contributed by atoms with Crippen molar-refractivity contribution in [3.63, 3.8) is 0 Å². The van der Waals surface area contributed by atoms with Crippen molar-refractivity contribution in [2.75, 3.05) is 0 Å². The lowest BCUT2D eigenvalue weighted by Crippen LogP contribution is -2.38. The van der Waals surface area contributed by atoms with E-state index in [1.165, 1.54) is 6.92 Å². The molecule has 0 saturated carbocycles. The third-order valence-electron chi connectivity index (χ3n) is 5.54. The Balaban J connectivity index is 3.22. The maximum absolute atomic E-state index is 12.0. The molecule has 4 atom stereocenters. The van der Waals surface area contributed by atoms with E-state index in [-0.39, 0.29) is 11.9 Å². The Labute approximate surface area is 158 Å². The molecule has 0 heterocycles. The Morgan fingerprint density at radius 3 is 2.54 bits per heavy atom. The van der Waals surface area contributed by atoms with Gasteiger partial charge in [-0.05, 0) is 58.3 Å². The molecular weight excluding hydrogens is 328 g/mol. The molecule has 0 radical (unpaired) electrons. The summed E-state index contributed by atoms with van der Waals surface area (Å²) in [7, 11) is 0. The van der Waals surface area contributed by atoms with Crippen molar-refractivity contribution in [2.45, 2.75) is 85.4 Å². The molecule has 4 unspecified atom stereocenters. The number of carbonyl (C=O) groups excluding carboxylic acids is 2. The predicted octanol–water partition coefficient (Wildman–Crippen LogP) is 4.61. The SMILES string of the molecule is CC(=O)OC1CC(C)=CCCC(C)(O)C=CC(C(C)C)CCC1(C)C=O. The zero-order valence-corrected chi connectivity index (χ0v) is 17.2. The zero-order chi connectivity index (χ0) is 20.0. The molecular formula is C22H36O4. The Morgan fingerprint density at radius 2 is 2.00 bits per heavy atom. The largest absolute Gasteiger partial charge is 0.461 e. The number of aliphatic hydroxyl groups is 1. The van der Waals surface area contributed by atoms with Crippen LogP contribution < -0.4 is 0 Å². The standard InChI is InChI=1S/C22H36O4/c1-16(2)19-9-12-21(5,15-23)20(26-18(4)24)14-17(3)8-7-11-22(6,25)13-10-19/h8,10,13,15-16,19-20,25H,7,9,11-12,14H2,1-6H3. The second-order valence-electron chi connectivity index (χ2n) is 8.68. The molecule has 0 aromatic carbocycles. The van der Waals surface area contributed by atoms with Crippen molar-refractivity contribution in [3.8, 4) is 0 Å². The quantitative estimate of drug-likeness (QED) is 0.451. The molecule has 148 valence electrons. The number of esters is 1. The maximum Gasteiger partial charge on any atom is 0.302 e. The number of allylic oxidation sites excluding steroid dienone is 2. The highest BCUT2D eigenvalue weighted by Crippen LogP contribution is 2.35. The van der Waals surface area contributed by atoms with E-state index in [9.17, 15) is 14.7 Å². The molecule has 0 spiro atoms. The maximum atomic E-state index is 12.0. The van der Waals surface area contributed by atoms with Crippen molar-refractivity contribution in [3.05, 3.63) is 23.8 Å². The van der Waals surface area contributed by atoms with Crippen LogP contribution in [-0.2, 0) is 14.3 Å². The lowest BCUT2D eigenvalue weighted by molar-refractivity contribution is -0.154. The fourth-order valence-electron chi connectivity index (χ4n) is 3.44. The molecule has 4 nitrogen and oxygen atoms in total. The monoisotopic (exact) mass is 364 g/mol. The normalized spacial score (nSPS) is 34.2. The summed E-state index contributed by atoms with van der Waals surface area (Å²) in [4.78, 5) is 23.6. The van der Waals surface area contributed by atoms with Crippen LogP contribution in [0, 0.1) is 17.3 Å². The third-order valence-corrected chi connectivity index (χ3v) is 5.54. The van der Waals surface area contributed by atoms with Gasteiger partial charge in [0.05, 0.1) is 11.0 Å². The topological polar surface area (TPSA) is 63.6 Å². The Kier molecular flexibility index (Phi) is 8.26. The number of aldehydes is 1. The molecule has 0 aromatic rings. The van der Waals surface area contributed by atoms with E-state index >= 15 is 0 Å². The van der Waals surface area contributed by atoms with E-state index in [4.69, 9.17) is 4.74 Å². The van der Waals surface area contributed by atoms with Crippen LogP contribution in [0.1, 0.15) is 73.6 Å². The smallest absolute Gasteiger partial charge is 0.302 e. The number of ether oxygens (including phenoxy) is 1. The predicted molar refractivity (Wildman–Crippen MR) is 105 cm³/mol. The van der Waals surface area contributed by atoms with Gasteiger partial charge in [-0.3, -0.25) is 4.79 Å². The molecule has 26 heavy (non-hydrogen) atoms. The third kappa shape index (κ3) is 7.06. The summed E-state index contributed by atoms with van der Waals surface area (Å²) < 4.78 is 5.56. The summed E-state index contributed by atoms with van der Waals surface area (Å²) in [6.07, 6.45) is 9.90. The number of carbonyl (C=O) groups is 2. The molecule has 1 N–H and O–H groups in total. The van der Waals surface area contributed by atoms with Gasteiger partial charge in [-0.25, -0.2) is 0 Å². The second kappa shape index (κ2) is 9.50. The molecule has 0 amide bonds. The van der Waals surface area contributed by atoms with Crippen LogP contribution in [0.5, 0.6) is 0 Å². The Bertz CT molecular complexity index is 544. The first-order valence-corrected chi connectivity index (χ1v) is 9.70. The molecule has 1 aliphatic rings. The second-order valence-corrected chi connectivity index (χ2v) is 8.68. The molecule has 1 aliphatic carbocycles. The minimum absolute atomic E-state index is 0.258. The van der Waals surface area contributed by atoms with Gasteiger partial charge in [0.15, 0.2) is 0 Å². The summed E-state index contributed by atoms with van der Waals surface area (Å²) in [5, 5.41) is 10.6. The van der Waals surface area contributed by atoms with Gasteiger partial charge in [-0.1, -0.05) is 37.6 Å². The molecule has 4 heteroatoms. The number of rotatable bonds is 3. The molecule has 0 fully saturated rings. The van der Waals surface area contributed by atoms with Gasteiger partial charge >= 0.3 is 5.97 Å². The van der Waals surface area contributed by atoms with Crippen molar-refractivity contribution in [1.82, 2.24) is 0 Å². The summed E-state index contributed by atoms with van der Waals surface area (Å²) in [5.74, 6) is 0.298. The fourth-order valence-corrected chi connectivity index (χ4v) is 3.44. The summed E-state index contributed by atoms with van der Waals surface area (Å²) in [6.45, 7) is 11.4. The van der Waals surface area contributed by atoms with E-state index in [0.717, 1.165) is 24.7 Å². The molecule has 0 bridgehead atoms. The lowest BCUT2D eigenvalue weighted by atomic mass is 9.75. The van der Waals surface area contributed by atoms with Crippen molar-refractivity contribution >= 4 is 12.3 Å². The van der Waals surface area contributed by atoms with E-state index in [1.54, 1.807) is 0 Å². The van der Waals surface area contributed by atoms with Crippen LogP contribution in [-0.4, -0.2) is 29.1 Å². The lowest BCUT2D eigenvalue weighted by Gasteiger charge is -2.34. The average Bonchev–Trinajstić information content (AvgIpc) is 2.52. The first kappa shape index (κ1) is 22.6. The van der Waals surface area contributed by atoms with E-state index < -0.39 is 17.1 Å². The highest BCUT2D eigenvalue weighted by atomic mass is 16.5. The summed E-state index contributed by atoms with van der Waals surface area (Å²) >= 11 is 0. The van der Waals surface area contributed by atoms with Crippen LogP contribution in [0.2, 0.25) is 0 Å². The van der Waals surface area contributed by atoms with Crippen LogP contribution >= 0.6 is 0 Å². The summed E-state index contributed by atoms with van der Waals surface area (Å²) in [6, 6.07) is 0. The van der Waals surface area contributed by atoms with E-state index in [0.29, 0.717) is 25.2 Å². The molecule has 0 aromatic heterocycles. The first-order valence-electron chi connectivity index (χ1n) is 9.70. The van der Waals surface area contributed by atoms with Crippen LogP contribution in [0.25, 0.3) is 0 Å². The minimum Gasteiger partial charge on any atom is -0.461 e. The molecule has 0 saturated heterocycles. The van der Waals surface area contributed by atoms with E-state index in [1.807, 2.05) is 26.8 Å². The van der Waals surface area contributed by atoms with Gasteiger partial charge in [-0.15, -0.1) is 0 Å². The van der Waals surface area contributed by atoms with E-state index in [2.05, 4.69) is 26.0 Å². The van der Waals surface area contributed by atoms with Gasteiger partial charge in [-0.2, -0.15) is 0 Å². The first-order chi connectivity index (χ1) is 12.0. The van der Waals surface area contributed by atoms with Gasteiger partial charge in [0.2, 0.25) is 0 Å². The highest BCUT2D eigenvalue weighted by molar-refractivity contribution is 5.68. The molecule has 1 rings (SSSR count). The average molecular weight is 365 g/mol. The van der Waals surface area contributed by atoms with Gasteiger partial charge in [0, 0.05) is 13.3 Å². The molecule has 0 aliphatic heterocycles. The van der Waals surface area contributed by atoms with Crippen molar-refractivity contribution < 1.29 is 19.4 Å². The van der Waals surface area contributed by atoms with Crippen LogP contribution in [0.4, 0.5) is 0 Å². The fraction of sp³-hybridized carbons (Fsp3) is 0.727. The Morgan fingerprint density at radius 1 is 1.35 bits per heavy atom. The van der Waals surface area contributed by atoms with Crippen LogP contribution in [0.3, 0.4) is 0 Å². The van der Waals surface area contributed by atoms with Gasteiger partial charge < -0.3 is 14.6 Å². The van der Waals surface area contributed by atoms with Crippen molar-refractivity contribution in [2.24, 2.45) is 17.3 Å². The highest BCUT2D eigenvalue weighted by Gasteiger charge is 2.37. The van der Waals surface area contributed by atoms with Crippen molar-refractivity contribution in [1.29, 1.82) is 0 Å². The number of hydrogen-bond donors (Lipinski definition) is 1. The van der Waals surface area contributed by atoms with Crippen LogP contribution in [0.15, 0.2) is 23.8 Å². The van der Waals surface area contributed by atoms with Gasteiger partial charge in [0.25, 0.3) is 0 Å². The van der Waals surface area contributed by atoms with Gasteiger partial charge in [0.1, 0.15) is 12.4 Å². The minimum atomic E-state index is -0.846.